The summed E-state index contributed by atoms with van der Waals surface area (Å²) in [6, 6.07) is 0.134. The first-order valence-corrected chi connectivity index (χ1v) is 4.89. The van der Waals surface area contributed by atoms with Crippen LogP contribution in [0.1, 0.15) is 33.1 Å². The third-order valence-corrected chi connectivity index (χ3v) is 2.22. The van der Waals surface area contributed by atoms with E-state index in [1.165, 1.54) is 0 Å². The molecule has 0 aliphatic heterocycles. The Morgan fingerprint density at radius 2 is 2.00 bits per heavy atom. The van der Waals surface area contributed by atoms with Gasteiger partial charge in [-0.3, -0.25) is 4.99 Å². The Labute approximate surface area is 82.9 Å². The second kappa shape index (κ2) is 4.62. The number of halogens is 2. The molecular weight excluding hydrogens is 186 g/mol. The van der Waals surface area contributed by atoms with E-state index in [0.29, 0.717) is 18.6 Å². The van der Waals surface area contributed by atoms with Crippen molar-refractivity contribution in [2.24, 2.45) is 10.9 Å². The van der Waals surface area contributed by atoms with Crippen LogP contribution in [0, 0.1) is 11.3 Å². The lowest BCUT2D eigenvalue weighted by Gasteiger charge is -2.23. The summed E-state index contributed by atoms with van der Waals surface area (Å²) < 4.78 is 24.9. The predicted octanol–water partition coefficient (Wildman–Crippen LogP) is 2.92. The molecule has 0 bridgehead atoms. The molecule has 1 rings (SSSR count). The van der Waals surface area contributed by atoms with Crippen molar-refractivity contribution in [2.75, 3.05) is 0 Å². The molecule has 0 aromatic carbocycles. The van der Waals surface area contributed by atoms with Crippen LogP contribution in [0.15, 0.2) is 4.99 Å². The SMILES string of the molecule is CC(C)N=C1CC(=N)CC(C(F)F)C1. The van der Waals surface area contributed by atoms with Crippen LogP contribution in [0.3, 0.4) is 0 Å². The molecule has 1 aliphatic carbocycles. The summed E-state index contributed by atoms with van der Waals surface area (Å²) in [6.07, 6.45) is -1.25. The molecule has 2 nitrogen and oxygen atoms in total. The van der Waals surface area contributed by atoms with Crippen molar-refractivity contribution in [3.05, 3.63) is 0 Å². The Balaban J connectivity index is 2.67. The van der Waals surface area contributed by atoms with E-state index in [9.17, 15) is 8.78 Å². The minimum absolute atomic E-state index is 0.134. The van der Waals surface area contributed by atoms with Crippen LogP contribution >= 0.6 is 0 Å². The molecule has 1 atom stereocenters. The first kappa shape index (κ1) is 11.3. The maximum Gasteiger partial charge on any atom is 0.242 e. The summed E-state index contributed by atoms with van der Waals surface area (Å²) in [5.74, 6) is -0.686. The fourth-order valence-electron chi connectivity index (χ4n) is 1.72. The Morgan fingerprint density at radius 3 is 2.50 bits per heavy atom. The molecule has 0 aromatic rings. The lowest BCUT2D eigenvalue weighted by Crippen LogP contribution is -2.27. The van der Waals surface area contributed by atoms with Crippen LogP contribution < -0.4 is 0 Å². The highest BCUT2D eigenvalue weighted by Gasteiger charge is 2.28. The van der Waals surface area contributed by atoms with E-state index in [-0.39, 0.29) is 12.5 Å². The second-order valence-electron chi connectivity index (χ2n) is 4.07. The van der Waals surface area contributed by atoms with Gasteiger partial charge < -0.3 is 5.41 Å². The first-order valence-electron chi connectivity index (χ1n) is 4.89. The van der Waals surface area contributed by atoms with Gasteiger partial charge in [0.2, 0.25) is 6.43 Å². The van der Waals surface area contributed by atoms with Gasteiger partial charge in [0.25, 0.3) is 0 Å². The van der Waals surface area contributed by atoms with E-state index in [1.807, 2.05) is 13.8 Å². The van der Waals surface area contributed by atoms with Gasteiger partial charge in [-0.05, 0) is 26.7 Å². The van der Waals surface area contributed by atoms with Crippen LogP contribution in [-0.2, 0) is 0 Å². The van der Waals surface area contributed by atoms with Gasteiger partial charge in [0.15, 0.2) is 0 Å². The van der Waals surface area contributed by atoms with E-state index in [1.54, 1.807) is 0 Å². The highest BCUT2D eigenvalue weighted by molar-refractivity contribution is 6.05. The average Bonchev–Trinajstić information content (AvgIpc) is 2.01. The van der Waals surface area contributed by atoms with Crippen molar-refractivity contribution in [1.82, 2.24) is 0 Å². The van der Waals surface area contributed by atoms with Gasteiger partial charge in [0.1, 0.15) is 0 Å². The molecule has 1 aliphatic rings. The van der Waals surface area contributed by atoms with Crippen molar-refractivity contribution in [2.45, 2.75) is 45.6 Å². The third kappa shape index (κ3) is 3.16. The van der Waals surface area contributed by atoms with Crippen LogP contribution in [0.2, 0.25) is 0 Å². The first-order chi connectivity index (χ1) is 6.49. The molecule has 0 heterocycles. The van der Waals surface area contributed by atoms with E-state index in [4.69, 9.17) is 5.41 Å². The second-order valence-corrected chi connectivity index (χ2v) is 4.07. The standard InChI is InChI=1S/C10H16F2N2/c1-6(2)14-9-4-7(10(11)12)3-8(13)5-9/h6-7,10,13H,3-5H2,1-2H3. The predicted molar refractivity (Wildman–Crippen MR) is 53.6 cm³/mol. The molecule has 0 aromatic heterocycles. The number of hydrogen-bond acceptors (Lipinski definition) is 2. The Bertz CT molecular complexity index is 247. The minimum Gasteiger partial charge on any atom is -0.309 e. The number of rotatable bonds is 2. The summed E-state index contributed by atoms with van der Waals surface area (Å²) in [5, 5.41) is 7.47. The molecular formula is C10H16F2N2. The molecule has 1 fully saturated rings. The lowest BCUT2D eigenvalue weighted by molar-refractivity contribution is 0.0824. The van der Waals surface area contributed by atoms with Crippen molar-refractivity contribution in [1.29, 1.82) is 5.41 Å². The van der Waals surface area contributed by atoms with Gasteiger partial charge in [0, 0.05) is 29.8 Å². The van der Waals surface area contributed by atoms with E-state index in [0.717, 1.165) is 5.71 Å². The fourth-order valence-corrected chi connectivity index (χ4v) is 1.72. The van der Waals surface area contributed by atoms with Crippen LogP contribution in [0.4, 0.5) is 8.78 Å². The number of nitrogens with zero attached hydrogens (tertiary/aromatic N) is 1. The zero-order valence-corrected chi connectivity index (χ0v) is 8.56. The van der Waals surface area contributed by atoms with Crippen LogP contribution in [0.25, 0.3) is 0 Å². The summed E-state index contributed by atoms with van der Waals surface area (Å²) in [4.78, 5) is 4.26. The molecule has 0 saturated heterocycles. The quantitative estimate of drug-likeness (QED) is 0.714. The molecule has 80 valence electrons. The minimum atomic E-state index is -2.33. The van der Waals surface area contributed by atoms with Crippen molar-refractivity contribution < 1.29 is 8.78 Å². The third-order valence-electron chi connectivity index (χ3n) is 2.22. The van der Waals surface area contributed by atoms with Crippen LogP contribution in [-0.4, -0.2) is 23.9 Å². The Kier molecular flexibility index (Phi) is 3.72. The number of hydrogen-bond donors (Lipinski definition) is 1. The lowest BCUT2D eigenvalue weighted by atomic mass is 9.86. The summed E-state index contributed by atoms with van der Waals surface area (Å²) in [5.41, 5.74) is 1.16. The van der Waals surface area contributed by atoms with Gasteiger partial charge in [-0.2, -0.15) is 0 Å². The molecule has 0 spiro atoms. The van der Waals surface area contributed by atoms with Crippen molar-refractivity contribution >= 4 is 11.4 Å². The van der Waals surface area contributed by atoms with Gasteiger partial charge in [-0.15, -0.1) is 0 Å². The average molecular weight is 202 g/mol. The summed E-state index contributed by atoms with van der Waals surface area (Å²) in [7, 11) is 0. The molecule has 4 heteroatoms. The zero-order chi connectivity index (χ0) is 10.7. The highest BCUT2D eigenvalue weighted by atomic mass is 19.3. The maximum atomic E-state index is 12.5. The number of alkyl halides is 2. The van der Waals surface area contributed by atoms with Crippen molar-refractivity contribution in [3.63, 3.8) is 0 Å². The molecule has 0 radical (unpaired) electrons. The largest absolute Gasteiger partial charge is 0.309 e. The van der Waals surface area contributed by atoms with Gasteiger partial charge in [0.05, 0.1) is 0 Å². The van der Waals surface area contributed by atoms with Gasteiger partial charge in [-0.25, -0.2) is 8.78 Å². The maximum absolute atomic E-state index is 12.5. The molecule has 0 amide bonds. The summed E-state index contributed by atoms with van der Waals surface area (Å²) >= 11 is 0. The molecule has 1 saturated carbocycles. The van der Waals surface area contributed by atoms with Gasteiger partial charge >= 0.3 is 0 Å². The van der Waals surface area contributed by atoms with E-state index < -0.39 is 12.3 Å². The fraction of sp³-hybridized carbons (Fsp3) is 0.800. The zero-order valence-electron chi connectivity index (χ0n) is 8.56. The monoisotopic (exact) mass is 202 g/mol. The van der Waals surface area contributed by atoms with E-state index in [2.05, 4.69) is 4.99 Å². The van der Waals surface area contributed by atoms with Crippen LogP contribution in [0.5, 0.6) is 0 Å². The molecule has 1 N–H and O–H groups in total. The Morgan fingerprint density at radius 1 is 1.36 bits per heavy atom. The Hall–Kier alpha value is -0.800. The van der Waals surface area contributed by atoms with Crippen molar-refractivity contribution in [3.8, 4) is 0 Å². The van der Waals surface area contributed by atoms with Gasteiger partial charge in [-0.1, -0.05) is 0 Å². The normalized spacial score (nSPS) is 26.6. The molecule has 1 unspecified atom stereocenters. The topological polar surface area (TPSA) is 36.2 Å². The molecule has 14 heavy (non-hydrogen) atoms. The highest BCUT2D eigenvalue weighted by Crippen LogP contribution is 2.26. The number of nitrogens with one attached hydrogen (secondary N) is 1. The van der Waals surface area contributed by atoms with E-state index >= 15 is 0 Å². The number of aliphatic imine (C=N–C) groups is 1. The summed E-state index contributed by atoms with van der Waals surface area (Å²) in [6.45, 7) is 3.84. The smallest absolute Gasteiger partial charge is 0.242 e.